The Balaban J connectivity index is 1.13. The van der Waals surface area contributed by atoms with E-state index >= 15 is 0 Å². The molecule has 8 nitrogen and oxygen atoms in total. The van der Waals surface area contributed by atoms with Gasteiger partial charge >= 0.3 is 0 Å². The number of nitrogens with zero attached hydrogens (tertiary/aromatic N) is 3. The van der Waals surface area contributed by atoms with E-state index in [1.165, 1.54) is 9.87 Å². The minimum atomic E-state index is -3.81. The molecule has 0 radical (unpaired) electrons. The maximum absolute atomic E-state index is 13.6. The molecule has 0 unspecified atom stereocenters. The summed E-state index contributed by atoms with van der Waals surface area (Å²) in [7, 11) is -3.81. The Morgan fingerprint density at radius 2 is 1.62 bits per heavy atom. The number of hydrogen-bond donors (Lipinski definition) is 1. The van der Waals surface area contributed by atoms with Gasteiger partial charge in [0.15, 0.2) is 10.7 Å². The summed E-state index contributed by atoms with van der Waals surface area (Å²) in [5.74, 6) is 0.0799. The number of piperidine rings is 2. The Bertz CT molecular complexity index is 1420. The number of rotatable bonds is 8. The third kappa shape index (κ3) is 6.71. The molecule has 2 saturated heterocycles. The average Bonchev–Trinajstić information content (AvgIpc) is 3.35. The van der Waals surface area contributed by atoms with Crippen LogP contribution in [0.3, 0.4) is 0 Å². The van der Waals surface area contributed by atoms with Crippen LogP contribution < -0.4 is 5.32 Å². The molecule has 0 atom stereocenters. The van der Waals surface area contributed by atoms with E-state index in [1.54, 1.807) is 13.0 Å². The quantitative estimate of drug-likeness (QED) is 0.430. The number of likely N-dealkylation sites (tertiary alicyclic amines) is 1. The van der Waals surface area contributed by atoms with Crippen LogP contribution in [-0.4, -0.2) is 60.9 Å². The van der Waals surface area contributed by atoms with Crippen LogP contribution in [0.4, 0.5) is 0 Å². The van der Waals surface area contributed by atoms with Crippen molar-refractivity contribution in [2.24, 2.45) is 5.92 Å². The average molecular weight is 563 g/mol. The second-order valence-electron chi connectivity index (χ2n) is 10.9. The van der Waals surface area contributed by atoms with Crippen LogP contribution in [0.25, 0.3) is 12.2 Å². The van der Waals surface area contributed by atoms with E-state index < -0.39 is 10.0 Å². The lowest BCUT2D eigenvalue weighted by Crippen LogP contribution is -2.48. The third-order valence-corrected chi connectivity index (χ3v) is 10.0. The van der Waals surface area contributed by atoms with Crippen molar-refractivity contribution >= 4 is 28.1 Å². The van der Waals surface area contributed by atoms with E-state index in [9.17, 15) is 13.2 Å². The molecule has 3 heterocycles. The van der Waals surface area contributed by atoms with Crippen molar-refractivity contribution in [3.63, 3.8) is 0 Å². The van der Waals surface area contributed by atoms with Gasteiger partial charge in [-0.25, -0.2) is 8.42 Å². The van der Waals surface area contributed by atoms with Gasteiger partial charge in [-0.2, -0.15) is 4.31 Å². The topological polar surface area (TPSA) is 95.8 Å². The Labute approximate surface area is 237 Å². The summed E-state index contributed by atoms with van der Waals surface area (Å²) in [5, 5.41) is 7.18. The molecular weight excluding hydrogens is 524 g/mol. The molecule has 0 saturated carbocycles. The molecule has 2 aliphatic rings. The first-order chi connectivity index (χ1) is 19.3. The molecular formula is C31H38N4O4S. The van der Waals surface area contributed by atoms with Gasteiger partial charge in [0.05, 0.1) is 0 Å². The molecule has 0 bridgehead atoms. The highest BCUT2D eigenvalue weighted by atomic mass is 32.2. The minimum absolute atomic E-state index is 0.0430. The number of aromatic nitrogens is 1. The smallest absolute Gasteiger partial charge is 0.248 e. The first kappa shape index (κ1) is 28.3. The molecule has 1 amide bonds. The summed E-state index contributed by atoms with van der Waals surface area (Å²) < 4.78 is 34.0. The summed E-state index contributed by atoms with van der Waals surface area (Å²) in [5.41, 5.74) is 3.73. The largest absolute Gasteiger partial charge is 0.355 e. The molecule has 1 N–H and O–H groups in total. The van der Waals surface area contributed by atoms with Crippen LogP contribution in [0.15, 0.2) is 64.0 Å². The monoisotopic (exact) mass is 562 g/mol. The molecule has 2 aromatic carbocycles. The highest BCUT2D eigenvalue weighted by molar-refractivity contribution is 7.89. The second-order valence-corrected chi connectivity index (χ2v) is 12.8. The minimum Gasteiger partial charge on any atom is -0.355 e. The van der Waals surface area contributed by atoms with Crippen LogP contribution in [0.1, 0.15) is 53.8 Å². The van der Waals surface area contributed by atoms with Crippen molar-refractivity contribution in [3.05, 3.63) is 82.7 Å². The zero-order chi connectivity index (χ0) is 28.1. The van der Waals surface area contributed by atoms with Gasteiger partial charge in [-0.1, -0.05) is 71.4 Å². The van der Waals surface area contributed by atoms with Gasteiger partial charge in [-0.15, -0.1) is 0 Å². The number of carbonyl (C=O) groups excluding carboxylic acids is 1. The van der Waals surface area contributed by atoms with Gasteiger partial charge in [0.2, 0.25) is 15.9 Å². The lowest BCUT2D eigenvalue weighted by molar-refractivity contribution is -0.127. The van der Waals surface area contributed by atoms with Crippen molar-refractivity contribution < 1.29 is 17.7 Å². The Morgan fingerprint density at radius 3 is 2.30 bits per heavy atom. The number of amides is 1. The first-order valence-electron chi connectivity index (χ1n) is 14.1. The molecule has 3 aromatic rings. The number of hydrogen-bond acceptors (Lipinski definition) is 6. The van der Waals surface area contributed by atoms with E-state index in [-0.39, 0.29) is 28.5 Å². The summed E-state index contributed by atoms with van der Waals surface area (Å²) in [6.45, 7) is 7.09. The molecule has 2 aliphatic heterocycles. The molecule has 212 valence electrons. The molecule has 5 rings (SSSR count). The molecule has 0 spiro atoms. The summed E-state index contributed by atoms with van der Waals surface area (Å²) in [4.78, 5) is 15.6. The zero-order valence-electron chi connectivity index (χ0n) is 23.3. The van der Waals surface area contributed by atoms with E-state index in [0.29, 0.717) is 31.6 Å². The van der Waals surface area contributed by atoms with Crippen molar-refractivity contribution in [1.82, 2.24) is 19.7 Å². The molecule has 0 aliphatic carbocycles. The van der Waals surface area contributed by atoms with Gasteiger partial charge < -0.3 is 9.84 Å². The SMILES string of the molecule is Cc1ccc(C=Cc2onc(C)c2S(=O)(=O)N2CCC(C(=O)NC3CCN(Cc4ccccc4)CC3)CC2)cc1. The summed E-state index contributed by atoms with van der Waals surface area (Å²) in [6, 6.07) is 18.6. The van der Waals surface area contributed by atoms with Crippen molar-refractivity contribution in [2.75, 3.05) is 26.2 Å². The Kier molecular flexibility index (Phi) is 8.83. The van der Waals surface area contributed by atoms with E-state index in [1.807, 2.05) is 43.3 Å². The van der Waals surface area contributed by atoms with Gasteiger partial charge in [-0.05, 0) is 56.7 Å². The third-order valence-electron chi connectivity index (χ3n) is 7.94. The van der Waals surface area contributed by atoms with Crippen molar-refractivity contribution in [2.45, 2.75) is 57.0 Å². The van der Waals surface area contributed by atoms with E-state index in [0.717, 1.165) is 43.6 Å². The van der Waals surface area contributed by atoms with E-state index in [2.05, 4.69) is 39.6 Å². The maximum atomic E-state index is 13.6. The zero-order valence-corrected chi connectivity index (χ0v) is 24.1. The molecule has 40 heavy (non-hydrogen) atoms. The van der Waals surface area contributed by atoms with Crippen LogP contribution in [0.5, 0.6) is 0 Å². The highest BCUT2D eigenvalue weighted by Gasteiger charge is 2.36. The lowest BCUT2D eigenvalue weighted by atomic mass is 9.95. The molecule has 9 heteroatoms. The van der Waals surface area contributed by atoms with Gasteiger partial charge in [0.25, 0.3) is 0 Å². The predicted octanol–water partition coefficient (Wildman–Crippen LogP) is 4.64. The number of sulfonamides is 1. The Morgan fingerprint density at radius 1 is 0.950 bits per heavy atom. The second kappa shape index (κ2) is 12.5. The number of benzene rings is 2. The number of carbonyl (C=O) groups is 1. The number of aryl methyl sites for hydroxylation is 2. The van der Waals surface area contributed by atoms with Gasteiger partial charge in [-0.3, -0.25) is 9.69 Å². The Hall–Kier alpha value is -3.27. The summed E-state index contributed by atoms with van der Waals surface area (Å²) in [6.07, 6.45) is 6.33. The molecule has 2 fully saturated rings. The van der Waals surface area contributed by atoms with Crippen LogP contribution >= 0.6 is 0 Å². The molecule has 1 aromatic heterocycles. The first-order valence-corrected chi connectivity index (χ1v) is 15.5. The lowest BCUT2D eigenvalue weighted by Gasteiger charge is -2.34. The van der Waals surface area contributed by atoms with Crippen LogP contribution in [0.2, 0.25) is 0 Å². The summed E-state index contributed by atoms with van der Waals surface area (Å²) >= 11 is 0. The number of nitrogens with one attached hydrogen (secondary N) is 1. The highest BCUT2D eigenvalue weighted by Crippen LogP contribution is 2.29. The standard InChI is InChI=1S/C31H38N4O4S/c1-23-8-10-25(11-9-23)12-13-29-30(24(2)33-39-29)40(37,38)35-20-14-27(15-21-35)31(36)32-28-16-18-34(19-17-28)22-26-6-4-3-5-7-26/h3-13,27-28H,14-22H2,1-2H3,(H,32,36). The fraction of sp³-hybridized carbons (Fsp3) is 0.419. The predicted molar refractivity (Wildman–Crippen MR) is 156 cm³/mol. The van der Waals surface area contributed by atoms with Crippen LogP contribution in [-0.2, 0) is 21.4 Å². The van der Waals surface area contributed by atoms with Gasteiger partial charge in [0.1, 0.15) is 5.69 Å². The van der Waals surface area contributed by atoms with Crippen molar-refractivity contribution in [1.29, 1.82) is 0 Å². The maximum Gasteiger partial charge on any atom is 0.248 e. The van der Waals surface area contributed by atoms with Gasteiger partial charge in [0, 0.05) is 44.7 Å². The van der Waals surface area contributed by atoms with E-state index in [4.69, 9.17) is 4.52 Å². The van der Waals surface area contributed by atoms with Crippen molar-refractivity contribution in [3.8, 4) is 0 Å². The fourth-order valence-corrected chi connectivity index (χ4v) is 7.25. The van der Waals surface area contributed by atoms with Crippen LogP contribution in [0, 0.1) is 19.8 Å². The normalized spacial score (nSPS) is 18.4. The fourth-order valence-electron chi connectivity index (χ4n) is 5.53.